The summed E-state index contributed by atoms with van der Waals surface area (Å²) < 4.78 is 10.6. The quantitative estimate of drug-likeness (QED) is 0.747. The van der Waals surface area contributed by atoms with Gasteiger partial charge in [-0.05, 0) is 24.6 Å². The molecule has 25 heavy (non-hydrogen) atoms. The molecule has 1 aromatic heterocycles. The summed E-state index contributed by atoms with van der Waals surface area (Å²) in [5.41, 5.74) is 2.68. The average molecular weight is 337 g/mol. The minimum atomic E-state index is -0.193. The highest BCUT2D eigenvalue weighted by Crippen LogP contribution is 2.19. The Hall–Kier alpha value is -3.15. The van der Waals surface area contributed by atoms with E-state index in [9.17, 15) is 4.79 Å². The SMILES string of the molecule is Cc1cccc(CNC(=O)c2ccccc2OCc2noc(C)n2)c1. The van der Waals surface area contributed by atoms with Gasteiger partial charge in [0.05, 0.1) is 5.56 Å². The molecular formula is C19H19N3O3. The Morgan fingerprint density at radius 1 is 1.16 bits per heavy atom. The number of aromatic nitrogens is 2. The number of hydrogen-bond donors (Lipinski definition) is 1. The Morgan fingerprint density at radius 3 is 2.76 bits per heavy atom. The molecule has 0 bridgehead atoms. The van der Waals surface area contributed by atoms with Crippen LogP contribution in [0.15, 0.2) is 53.1 Å². The van der Waals surface area contributed by atoms with Crippen molar-refractivity contribution < 1.29 is 14.1 Å². The van der Waals surface area contributed by atoms with Crippen LogP contribution in [0.25, 0.3) is 0 Å². The van der Waals surface area contributed by atoms with Gasteiger partial charge in [0.15, 0.2) is 6.61 Å². The number of hydrogen-bond acceptors (Lipinski definition) is 5. The monoisotopic (exact) mass is 337 g/mol. The number of rotatable bonds is 6. The van der Waals surface area contributed by atoms with Gasteiger partial charge in [-0.3, -0.25) is 4.79 Å². The van der Waals surface area contributed by atoms with E-state index in [4.69, 9.17) is 9.26 Å². The second-order valence-corrected chi connectivity index (χ2v) is 5.69. The van der Waals surface area contributed by atoms with Crippen LogP contribution in [0.4, 0.5) is 0 Å². The normalized spacial score (nSPS) is 10.5. The molecular weight excluding hydrogens is 318 g/mol. The summed E-state index contributed by atoms with van der Waals surface area (Å²) in [6, 6.07) is 15.1. The largest absolute Gasteiger partial charge is 0.485 e. The van der Waals surface area contributed by atoms with Crippen molar-refractivity contribution in [3.05, 3.63) is 76.9 Å². The molecule has 0 atom stereocenters. The molecule has 6 heteroatoms. The highest BCUT2D eigenvalue weighted by atomic mass is 16.5. The van der Waals surface area contributed by atoms with Crippen LogP contribution >= 0.6 is 0 Å². The number of carbonyl (C=O) groups is 1. The predicted molar refractivity (Wildman–Crippen MR) is 92.2 cm³/mol. The molecule has 0 fully saturated rings. The van der Waals surface area contributed by atoms with Crippen LogP contribution in [0.5, 0.6) is 5.75 Å². The molecule has 3 aromatic rings. The number of amides is 1. The van der Waals surface area contributed by atoms with Gasteiger partial charge in [0.25, 0.3) is 5.91 Å². The van der Waals surface area contributed by atoms with Crippen molar-refractivity contribution in [3.63, 3.8) is 0 Å². The molecule has 0 radical (unpaired) electrons. The van der Waals surface area contributed by atoms with Gasteiger partial charge >= 0.3 is 0 Å². The fourth-order valence-electron chi connectivity index (χ4n) is 2.42. The minimum absolute atomic E-state index is 0.138. The number of benzene rings is 2. The Labute approximate surface area is 145 Å². The van der Waals surface area contributed by atoms with Crippen LogP contribution in [-0.4, -0.2) is 16.0 Å². The standard InChI is InChI=1S/C19H19N3O3/c1-13-6-5-7-15(10-13)11-20-19(23)16-8-3-4-9-17(16)24-12-18-21-14(2)25-22-18/h3-10H,11-12H2,1-2H3,(H,20,23). The number of carbonyl (C=O) groups excluding carboxylic acids is 1. The van der Waals surface area contributed by atoms with Crippen molar-refractivity contribution in [2.45, 2.75) is 27.0 Å². The van der Waals surface area contributed by atoms with Gasteiger partial charge in [-0.2, -0.15) is 4.98 Å². The lowest BCUT2D eigenvalue weighted by molar-refractivity contribution is 0.0946. The maximum Gasteiger partial charge on any atom is 0.255 e. The van der Waals surface area contributed by atoms with Crippen molar-refractivity contribution in [1.29, 1.82) is 0 Å². The molecule has 2 aromatic carbocycles. The molecule has 0 saturated carbocycles. The first kappa shape index (κ1) is 16.7. The molecule has 0 spiro atoms. The molecule has 1 heterocycles. The van der Waals surface area contributed by atoms with Gasteiger partial charge in [-0.15, -0.1) is 0 Å². The van der Waals surface area contributed by atoms with E-state index in [1.165, 1.54) is 0 Å². The van der Waals surface area contributed by atoms with E-state index in [2.05, 4.69) is 15.5 Å². The first-order valence-corrected chi connectivity index (χ1v) is 7.96. The van der Waals surface area contributed by atoms with Crippen molar-refractivity contribution in [3.8, 4) is 5.75 Å². The third-order valence-electron chi connectivity index (χ3n) is 3.59. The van der Waals surface area contributed by atoms with Crippen LogP contribution in [0.2, 0.25) is 0 Å². The summed E-state index contributed by atoms with van der Waals surface area (Å²) in [5.74, 6) is 1.20. The fourth-order valence-corrected chi connectivity index (χ4v) is 2.42. The van der Waals surface area contributed by atoms with Crippen molar-refractivity contribution >= 4 is 5.91 Å². The summed E-state index contributed by atoms with van der Waals surface area (Å²) in [6.45, 7) is 4.33. The van der Waals surface area contributed by atoms with Crippen molar-refractivity contribution in [2.24, 2.45) is 0 Å². The lowest BCUT2D eigenvalue weighted by atomic mass is 10.1. The van der Waals surface area contributed by atoms with E-state index in [1.807, 2.05) is 37.3 Å². The maximum atomic E-state index is 12.5. The average Bonchev–Trinajstić information content (AvgIpc) is 3.03. The van der Waals surface area contributed by atoms with Gasteiger partial charge < -0.3 is 14.6 Å². The molecule has 0 saturated heterocycles. The van der Waals surface area contributed by atoms with Crippen molar-refractivity contribution in [1.82, 2.24) is 15.5 Å². The number of aryl methyl sites for hydroxylation is 2. The van der Waals surface area contributed by atoms with Gasteiger partial charge in [0.2, 0.25) is 11.7 Å². The Kier molecular flexibility index (Phi) is 5.09. The molecule has 1 N–H and O–H groups in total. The lowest BCUT2D eigenvalue weighted by Crippen LogP contribution is -2.23. The van der Waals surface area contributed by atoms with Gasteiger partial charge in [0.1, 0.15) is 5.75 Å². The number of para-hydroxylation sites is 1. The van der Waals surface area contributed by atoms with E-state index in [1.54, 1.807) is 25.1 Å². The fraction of sp³-hybridized carbons (Fsp3) is 0.211. The molecule has 1 amide bonds. The molecule has 6 nitrogen and oxygen atoms in total. The van der Waals surface area contributed by atoms with Crippen molar-refractivity contribution in [2.75, 3.05) is 0 Å². The zero-order valence-corrected chi connectivity index (χ0v) is 14.2. The van der Waals surface area contributed by atoms with Crippen LogP contribution in [0, 0.1) is 13.8 Å². The second kappa shape index (κ2) is 7.61. The van der Waals surface area contributed by atoms with E-state index < -0.39 is 0 Å². The summed E-state index contributed by atoms with van der Waals surface area (Å²) in [7, 11) is 0. The Balaban J connectivity index is 1.65. The predicted octanol–water partition coefficient (Wildman–Crippen LogP) is 3.20. The van der Waals surface area contributed by atoms with Crippen LogP contribution in [0.1, 0.15) is 33.2 Å². The van der Waals surface area contributed by atoms with Crippen LogP contribution in [0.3, 0.4) is 0 Å². The molecule has 128 valence electrons. The summed E-state index contributed by atoms with van der Waals surface area (Å²) in [4.78, 5) is 16.6. The highest BCUT2D eigenvalue weighted by molar-refractivity contribution is 5.96. The molecule has 0 aliphatic heterocycles. The number of nitrogens with zero attached hydrogens (tertiary/aromatic N) is 2. The number of nitrogens with one attached hydrogen (secondary N) is 1. The second-order valence-electron chi connectivity index (χ2n) is 5.69. The van der Waals surface area contributed by atoms with E-state index >= 15 is 0 Å². The van der Waals surface area contributed by atoms with E-state index in [-0.39, 0.29) is 12.5 Å². The van der Waals surface area contributed by atoms with Crippen LogP contribution in [-0.2, 0) is 13.2 Å². The Morgan fingerprint density at radius 2 is 2.00 bits per heavy atom. The zero-order chi connectivity index (χ0) is 17.6. The van der Waals surface area contributed by atoms with Gasteiger partial charge in [0, 0.05) is 13.5 Å². The van der Waals surface area contributed by atoms with Gasteiger partial charge in [-0.25, -0.2) is 0 Å². The first-order chi connectivity index (χ1) is 12.1. The maximum absolute atomic E-state index is 12.5. The van der Waals surface area contributed by atoms with E-state index in [0.717, 1.165) is 11.1 Å². The molecule has 0 aliphatic rings. The summed E-state index contributed by atoms with van der Waals surface area (Å²) in [5, 5.41) is 6.69. The number of ether oxygens (including phenoxy) is 1. The molecule has 3 rings (SSSR count). The van der Waals surface area contributed by atoms with Gasteiger partial charge in [-0.1, -0.05) is 47.1 Å². The topological polar surface area (TPSA) is 77.2 Å². The highest BCUT2D eigenvalue weighted by Gasteiger charge is 2.13. The molecule has 0 aliphatic carbocycles. The summed E-state index contributed by atoms with van der Waals surface area (Å²) in [6.07, 6.45) is 0. The minimum Gasteiger partial charge on any atom is -0.485 e. The zero-order valence-electron chi connectivity index (χ0n) is 14.2. The smallest absolute Gasteiger partial charge is 0.255 e. The summed E-state index contributed by atoms with van der Waals surface area (Å²) >= 11 is 0. The van der Waals surface area contributed by atoms with Crippen LogP contribution < -0.4 is 10.1 Å². The first-order valence-electron chi connectivity index (χ1n) is 7.96. The third-order valence-corrected chi connectivity index (χ3v) is 3.59. The lowest BCUT2D eigenvalue weighted by Gasteiger charge is -2.11. The Bertz CT molecular complexity index is 874. The van der Waals surface area contributed by atoms with E-state index in [0.29, 0.717) is 29.6 Å². The third kappa shape index (κ3) is 4.44. The molecule has 0 unspecified atom stereocenters.